The average molecular weight is 1190 g/mol. The van der Waals surface area contributed by atoms with Crippen LogP contribution >= 0.6 is 0 Å². The van der Waals surface area contributed by atoms with Crippen molar-refractivity contribution < 1.29 is 89.4 Å². The third-order valence-electron chi connectivity index (χ3n) is 17.4. The van der Waals surface area contributed by atoms with Crippen LogP contribution in [-0.2, 0) is 33.2 Å². The largest absolute Gasteiger partial charge is 0.394 e. The van der Waals surface area contributed by atoms with E-state index in [1.165, 1.54) is 193 Å². The molecule has 492 valence electrons. The molecule has 0 aromatic rings. The first-order valence-corrected chi connectivity index (χ1v) is 33.8. The normalized spacial score (nSPS) is 29.3. The Balaban J connectivity index is 1.39. The first-order valence-electron chi connectivity index (χ1n) is 33.8. The summed E-state index contributed by atoms with van der Waals surface area (Å²) in [6.07, 6.45) is 22.0. The first kappa shape index (κ1) is 76.0. The minimum atomic E-state index is -1.97. The van der Waals surface area contributed by atoms with E-state index in [9.17, 15) is 61.0 Å². The van der Waals surface area contributed by atoms with Crippen molar-refractivity contribution in [3.05, 3.63) is 0 Å². The van der Waals surface area contributed by atoms with Gasteiger partial charge in [-0.1, -0.05) is 251 Å². The Bertz CT molecular complexity index is 1520. The van der Waals surface area contributed by atoms with Crippen LogP contribution < -0.4 is 5.32 Å². The Morgan fingerprint density at radius 1 is 0.386 bits per heavy atom. The molecule has 0 aliphatic carbocycles. The number of aliphatic hydroxyl groups excluding tert-OH is 11. The fourth-order valence-electron chi connectivity index (χ4n) is 11.9. The second kappa shape index (κ2) is 47.7. The van der Waals surface area contributed by atoms with Crippen LogP contribution in [0, 0.1) is 0 Å². The number of hydrogen-bond acceptors (Lipinski definition) is 18. The van der Waals surface area contributed by atoms with Crippen LogP contribution in [0.5, 0.6) is 0 Å². The molecule has 3 heterocycles. The van der Waals surface area contributed by atoms with E-state index < -0.39 is 124 Å². The van der Waals surface area contributed by atoms with Crippen LogP contribution in [0.2, 0.25) is 0 Å². The summed E-state index contributed by atoms with van der Waals surface area (Å²) >= 11 is 0. The third kappa shape index (κ3) is 30.7. The topological polar surface area (TPSA) is 307 Å². The van der Waals surface area contributed by atoms with Crippen molar-refractivity contribution in [2.75, 3.05) is 26.4 Å². The standard InChI is InChI=1S/C64H123NO18/c1-3-5-7-9-11-13-15-17-18-19-20-21-22-23-24-25-26-27-28-29-30-32-34-36-38-40-42-52(70)65-47(48(69)41-39-37-35-33-31-16-14-12-10-8-6-4-2)46-78-62-58(76)55(73)60(50(44-67)80-62)83-64-59(77)56(74)61(51(45-68)81-64)82-63-57(75)54(72)53(71)49(43-66)79-63/h47-51,53-64,66-69,71-77H,3-46H2,1-2H3,(H,65,70). The fraction of sp³-hybridized carbons (Fsp3) is 0.984. The lowest BCUT2D eigenvalue weighted by Crippen LogP contribution is -2.66. The Labute approximate surface area is 500 Å². The van der Waals surface area contributed by atoms with Gasteiger partial charge in [-0.05, 0) is 12.8 Å². The van der Waals surface area contributed by atoms with Crippen LogP contribution in [0.15, 0.2) is 0 Å². The molecule has 3 aliphatic rings. The molecular weight excluding hydrogens is 1070 g/mol. The fourth-order valence-corrected chi connectivity index (χ4v) is 11.9. The van der Waals surface area contributed by atoms with Gasteiger partial charge in [0.15, 0.2) is 18.9 Å². The molecule has 1 amide bonds. The van der Waals surface area contributed by atoms with E-state index in [-0.39, 0.29) is 18.9 Å². The molecule has 0 saturated carbocycles. The van der Waals surface area contributed by atoms with E-state index in [1.807, 2.05) is 0 Å². The van der Waals surface area contributed by atoms with Crippen molar-refractivity contribution in [3.8, 4) is 0 Å². The monoisotopic (exact) mass is 1190 g/mol. The van der Waals surface area contributed by atoms with Gasteiger partial charge in [-0.2, -0.15) is 0 Å². The van der Waals surface area contributed by atoms with Gasteiger partial charge in [0.25, 0.3) is 0 Å². The van der Waals surface area contributed by atoms with Crippen molar-refractivity contribution in [2.45, 2.75) is 375 Å². The van der Waals surface area contributed by atoms with E-state index in [4.69, 9.17) is 28.4 Å². The maximum absolute atomic E-state index is 13.4. The van der Waals surface area contributed by atoms with Crippen LogP contribution in [0.25, 0.3) is 0 Å². The molecular formula is C64H123NO18. The van der Waals surface area contributed by atoms with E-state index in [2.05, 4.69) is 19.2 Å². The number of ether oxygens (including phenoxy) is 6. The summed E-state index contributed by atoms with van der Waals surface area (Å²) in [5.74, 6) is -0.237. The van der Waals surface area contributed by atoms with Crippen molar-refractivity contribution in [2.24, 2.45) is 0 Å². The lowest BCUT2D eigenvalue weighted by Gasteiger charge is -2.48. The van der Waals surface area contributed by atoms with E-state index in [0.717, 1.165) is 44.9 Å². The molecule has 17 atom stereocenters. The summed E-state index contributed by atoms with van der Waals surface area (Å²) in [5, 5.41) is 120. The molecule has 0 spiro atoms. The number of carbonyl (C=O) groups excluding carboxylic acids is 1. The zero-order valence-corrected chi connectivity index (χ0v) is 51.7. The molecule has 0 aromatic carbocycles. The highest BCUT2D eigenvalue weighted by molar-refractivity contribution is 5.76. The van der Waals surface area contributed by atoms with Crippen molar-refractivity contribution >= 4 is 5.91 Å². The van der Waals surface area contributed by atoms with Crippen molar-refractivity contribution in [1.29, 1.82) is 0 Å². The number of amides is 1. The summed E-state index contributed by atoms with van der Waals surface area (Å²) in [7, 11) is 0. The van der Waals surface area contributed by atoms with Gasteiger partial charge in [-0.3, -0.25) is 4.79 Å². The highest BCUT2D eigenvalue weighted by Crippen LogP contribution is 2.33. The molecule has 19 heteroatoms. The molecule has 3 fully saturated rings. The molecule has 3 rings (SSSR count). The number of carbonyl (C=O) groups is 1. The summed E-state index contributed by atoms with van der Waals surface area (Å²) in [4.78, 5) is 13.4. The van der Waals surface area contributed by atoms with Gasteiger partial charge in [0.1, 0.15) is 73.2 Å². The number of nitrogens with one attached hydrogen (secondary N) is 1. The molecule has 3 aliphatic heterocycles. The molecule has 17 unspecified atom stereocenters. The predicted molar refractivity (Wildman–Crippen MR) is 319 cm³/mol. The van der Waals surface area contributed by atoms with E-state index >= 15 is 0 Å². The van der Waals surface area contributed by atoms with Gasteiger partial charge in [-0.25, -0.2) is 0 Å². The maximum Gasteiger partial charge on any atom is 0.220 e. The summed E-state index contributed by atoms with van der Waals surface area (Å²) < 4.78 is 34.4. The zero-order chi connectivity index (χ0) is 60.5. The lowest BCUT2D eigenvalue weighted by molar-refractivity contribution is -0.379. The van der Waals surface area contributed by atoms with Gasteiger partial charge in [0.05, 0.1) is 38.6 Å². The summed E-state index contributed by atoms with van der Waals surface area (Å²) in [6.45, 7) is 1.82. The smallest absolute Gasteiger partial charge is 0.220 e. The molecule has 19 nitrogen and oxygen atoms in total. The minimum absolute atomic E-state index is 0.237. The number of rotatable bonds is 52. The van der Waals surface area contributed by atoms with Crippen LogP contribution in [0.3, 0.4) is 0 Å². The highest BCUT2D eigenvalue weighted by Gasteiger charge is 2.53. The van der Waals surface area contributed by atoms with Crippen LogP contribution in [0.1, 0.15) is 271 Å². The quantitative estimate of drug-likeness (QED) is 0.0257. The summed E-state index contributed by atoms with van der Waals surface area (Å²) in [5.41, 5.74) is 0. The van der Waals surface area contributed by atoms with Crippen LogP contribution in [-0.4, -0.2) is 193 Å². The van der Waals surface area contributed by atoms with Gasteiger partial charge in [0, 0.05) is 6.42 Å². The zero-order valence-electron chi connectivity index (χ0n) is 51.7. The highest BCUT2D eigenvalue weighted by atomic mass is 16.8. The second-order valence-corrected chi connectivity index (χ2v) is 24.7. The molecule has 3 saturated heterocycles. The SMILES string of the molecule is CCCCCCCCCCCCCCCCCCCCCCCCCCCCC(=O)NC(COC1OC(CO)C(OC2OC(CO)C(OC3OC(CO)C(O)C(O)C3O)C(O)C2O)C(O)C1O)C(O)CCCCCCCCCCCCCC. The lowest BCUT2D eigenvalue weighted by atomic mass is 9.96. The second-order valence-electron chi connectivity index (χ2n) is 24.7. The molecule has 0 radical (unpaired) electrons. The van der Waals surface area contributed by atoms with Crippen molar-refractivity contribution in [3.63, 3.8) is 0 Å². The van der Waals surface area contributed by atoms with E-state index in [0.29, 0.717) is 12.8 Å². The minimum Gasteiger partial charge on any atom is -0.394 e. The van der Waals surface area contributed by atoms with Gasteiger partial charge in [0.2, 0.25) is 5.91 Å². The maximum atomic E-state index is 13.4. The van der Waals surface area contributed by atoms with Crippen molar-refractivity contribution in [1.82, 2.24) is 5.32 Å². The molecule has 0 aromatic heterocycles. The Morgan fingerprint density at radius 3 is 1.05 bits per heavy atom. The molecule has 83 heavy (non-hydrogen) atoms. The Morgan fingerprint density at radius 2 is 0.687 bits per heavy atom. The first-order chi connectivity index (χ1) is 40.3. The van der Waals surface area contributed by atoms with Gasteiger partial charge < -0.3 is 89.9 Å². The van der Waals surface area contributed by atoms with Crippen LogP contribution in [0.4, 0.5) is 0 Å². The molecule has 0 bridgehead atoms. The Kier molecular flexibility index (Phi) is 43.7. The Hall–Kier alpha value is -1.21. The number of aliphatic hydroxyl groups is 11. The van der Waals surface area contributed by atoms with E-state index in [1.54, 1.807) is 0 Å². The predicted octanol–water partition coefficient (Wildman–Crippen LogP) is 7.94. The third-order valence-corrected chi connectivity index (χ3v) is 17.4. The number of unbranched alkanes of at least 4 members (excludes halogenated alkanes) is 36. The number of hydrogen-bond donors (Lipinski definition) is 12. The van der Waals surface area contributed by atoms with Gasteiger partial charge >= 0.3 is 0 Å². The summed E-state index contributed by atoms with van der Waals surface area (Å²) in [6, 6.07) is -0.880. The molecule has 12 N–H and O–H groups in total. The average Bonchev–Trinajstić information content (AvgIpc) is 3.63. The van der Waals surface area contributed by atoms with Gasteiger partial charge in [-0.15, -0.1) is 0 Å².